The van der Waals surface area contributed by atoms with Crippen LogP contribution in [0.2, 0.25) is 0 Å². The van der Waals surface area contributed by atoms with Crippen molar-refractivity contribution in [2.45, 2.75) is 25.5 Å². The average molecular weight is 216 g/mol. The second-order valence-corrected chi connectivity index (χ2v) is 3.60. The van der Waals surface area contributed by atoms with Crippen molar-refractivity contribution in [2.24, 2.45) is 0 Å². The van der Waals surface area contributed by atoms with Gasteiger partial charge in [-0.2, -0.15) is 0 Å². The lowest BCUT2D eigenvalue weighted by Gasteiger charge is -2.18. The van der Waals surface area contributed by atoms with E-state index >= 15 is 0 Å². The van der Waals surface area contributed by atoms with Gasteiger partial charge in [-0.25, -0.2) is 4.79 Å². The van der Waals surface area contributed by atoms with Gasteiger partial charge in [0.1, 0.15) is 6.04 Å². The van der Waals surface area contributed by atoms with Crippen molar-refractivity contribution in [1.29, 1.82) is 0 Å². The van der Waals surface area contributed by atoms with Crippen molar-refractivity contribution in [1.82, 2.24) is 10.2 Å². The van der Waals surface area contributed by atoms with Crippen LogP contribution in [0.4, 0.5) is 4.79 Å². The molecule has 1 aliphatic heterocycles. The van der Waals surface area contributed by atoms with Gasteiger partial charge in [0.25, 0.3) is 0 Å². The predicted molar refractivity (Wildman–Crippen MR) is 52.6 cm³/mol. The number of nitrogens with one attached hydrogen (secondary N) is 1. The van der Waals surface area contributed by atoms with E-state index in [9.17, 15) is 9.59 Å². The number of carbonyl (C=O) groups excluding carboxylic acids is 1. The molecule has 2 unspecified atom stereocenters. The van der Waals surface area contributed by atoms with Gasteiger partial charge in [0.15, 0.2) is 0 Å². The number of aliphatic carboxylic acids is 1. The van der Waals surface area contributed by atoms with Crippen molar-refractivity contribution in [3.63, 3.8) is 0 Å². The number of amides is 2. The molecule has 86 valence electrons. The molecule has 0 aromatic heterocycles. The van der Waals surface area contributed by atoms with E-state index in [1.165, 1.54) is 6.92 Å². The molecule has 0 bridgehead atoms. The Kier molecular flexibility index (Phi) is 3.90. The van der Waals surface area contributed by atoms with Gasteiger partial charge in [0, 0.05) is 20.2 Å². The third kappa shape index (κ3) is 3.09. The van der Waals surface area contributed by atoms with Crippen LogP contribution in [0.1, 0.15) is 13.3 Å². The second-order valence-electron chi connectivity index (χ2n) is 3.60. The number of hydrogen-bond donors (Lipinski definition) is 2. The normalized spacial score (nSPS) is 22.5. The highest BCUT2D eigenvalue weighted by atomic mass is 16.5. The zero-order valence-corrected chi connectivity index (χ0v) is 8.90. The van der Waals surface area contributed by atoms with E-state index in [0.717, 1.165) is 6.42 Å². The van der Waals surface area contributed by atoms with Gasteiger partial charge in [0.05, 0.1) is 6.10 Å². The number of urea groups is 1. The van der Waals surface area contributed by atoms with Crippen LogP contribution in [0.25, 0.3) is 0 Å². The summed E-state index contributed by atoms with van der Waals surface area (Å²) in [5.74, 6) is -1.04. The highest BCUT2D eigenvalue weighted by molar-refractivity contribution is 5.82. The number of methoxy groups -OCH3 is 1. The summed E-state index contributed by atoms with van der Waals surface area (Å²) in [5, 5.41) is 11.0. The van der Waals surface area contributed by atoms with E-state index in [1.807, 2.05) is 0 Å². The van der Waals surface area contributed by atoms with Gasteiger partial charge in [-0.3, -0.25) is 4.79 Å². The summed E-state index contributed by atoms with van der Waals surface area (Å²) in [6, 6.07) is -1.21. The molecule has 1 rings (SSSR count). The van der Waals surface area contributed by atoms with E-state index < -0.39 is 12.0 Å². The fraction of sp³-hybridized carbons (Fsp3) is 0.778. The Hall–Kier alpha value is -1.30. The van der Waals surface area contributed by atoms with E-state index in [0.29, 0.717) is 13.1 Å². The maximum atomic E-state index is 11.5. The molecule has 0 radical (unpaired) electrons. The quantitative estimate of drug-likeness (QED) is 0.690. The van der Waals surface area contributed by atoms with Crippen molar-refractivity contribution < 1.29 is 19.4 Å². The summed E-state index contributed by atoms with van der Waals surface area (Å²) in [6.07, 6.45) is 0.863. The maximum Gasteiger partial charge on any atom is 0.325 e. The summed E-state index contributed by atoms with van der Waals surface area (Å²) in [4.78, 5) is 23.6. The number of carboxylic acid groups (broad SMARTS) is 1. The summed E-state index contributed by atoms with van der Waals surface area (Å²) in [6.45, 7) is 2.56. The van der Waals surface area contributed by atoms with Crippen LogP contribution >= 0.6 is 0 Å². The largest absolute Gasteiger partial charge is 0.480 e. The van der Waals surface area contributed by atoms with E-state index in [2.05, 4.69) is 5.32 Å². The molecule has 2 N–H and O–H groups in total. The summed E-state index contributed by atoms with van der Waals surface area (Å²) in [5.41, 5.74) is 0. The fourth-order valence-corrected chi connectivity index (χ4v) is 1.44. The van der Waals surface area contributed by atoms with Crippen LogP contribution in [0.15, 0.2) is 0 Å². The smallest absolute Gasteiger partial charge is 0.325 e. The van der Waals surface area contributed by atoms with Gasteiger partial charge >= 0.3 is 12.0 Å². The molecular weight excluding hydrogens is 200 g/mol. The first kappa shape index (κ1) is 11.8. The monoisotopic (exact) mass is 216 g/mol. The lowest BCUT2D eigenvalue weighted by atomic mass is 10.3. The molecule has 1 fully saturated rings. The van der Waals surface area contributed by atoms with E-state index in [-0.39, 0.29) is 12.1 Å². The number of carboxylic acids is 1. The van der Waals surface area contributed by atoms with Crippen LogP contribution < -0.4 is 5.32 Å². The minimum atomic E-state index is -1.04. The minimum absolute atomic E-state index is 0.0656. The van der Waals surface area contributed by atoms with Crippen molar-refractivity contribution in [3.8, 4) is 0 Å². The first-order chi connectivity index (χ1) is 7.04. The molecule has 2 amide bonds. The first-order valence-corrected chi connectivity index (χ1v) is 4.85. The lowest BCUT2D eigenvalue weighted by Crippen LogP contribution is -2.46. The average Bonchev–Trinajstić information content (AvgIpc) is 2.65. The van der Waals surface area contributed by atoms with Gasteiger partial charge in [-0.05, 0) is 13.3 Å². The van der Waals surface area contributed by atoms with Crippen molar-refractivity contribution in [2.75, 3.05) is 20.2 Å². The Bertz CT molecular complexity index is 256. The SMILES string of the molecule is COC1CCN(C(=O)NC(C)C(=O)O)C1. The number of carbonyl (C=O) groups is 2. The minimum Gasteiger partial charge on any atom is -0.480 e. The number of hydrogen-bond acceptors (Lipinski definition) is 3. The van der Waals surface area contributed by atoms with Gasteiger partial charge < -0.3 is 20.1 Å². The molecule has 0 saturated carbocycles. The molecule has 0 aromatic carbocycles. The second kappa shape index (κ2) is 4.97. The molecule has 1 heterocycles. The fourth-order valence-electron chi connectivity index (χ4n) is 1.44. The maximum absolute atomic E-state index is 11.5. The standard InChI is InChI=1S/C9H16N2O4/c1-6(8(12)13)10-9(14)11-4-3-7(5-11)15-2/h6-7H,3-5H2,1-2H3,(H,10,14)(H,12,13). The highest BCUT2D eigenvalue weighted by Crippen LogP contribution is 2.11. The molecule has 6 heteroatoms. The molecule has 1 saturated heterocycles. The number of likely N-dealkylation sites (tertiary alicyclic amines) is 1. The topological polar surface area (TPSA) is 78.9 Å². The number of rotatable bonds is 3. The Morgan fingerprint density at radius 1 is 1.60 bits per heavy atom. The third-order valence-corrected chi connectivity index (χ3v) is 2.48. The Morgan fingerprint density at radius 3 is 2.73 bits per heavy atom. The van der Waals surface area contributed by atoms with Gasteiger partial charge in [0.2, 0.25) is 0 Å². The Balaban J connectivity index is 2.38. The number of nitrogens with zero attached hydrogens (tertiary/aromatic N) is 1. The molecular formula is C9H16N2O4. The number of ether oxygens (including phenoxy) is 1. The molecule has 0 aromatic rings. The Labute approximate surface area is 88.2 Å². The van der Waals surface area contributed by atoms with Crippen LogP contribution in [0, 0.1) is 0 Å². The van der Waals surface area contributed by atoms with Crippen LogP contribution in [-0.2, 0) is 9.53 Å². The van der Waals surface area contributed by atoms with Crippen LogP contribution in [-0.4, -0.2) is 54.4 Å². The zero-order chi connectivity index (χ0) is 11.4. The molecule has 15 heavy (non-hydrogen) atoms. The summed E-state index contributed by atoms with van der Waals surface area (Å²) < 4.78 is 5.11. The molecule has 1 aliphatic rings. The van der Waals surface area contributed by atoms with E-state index in [4.69, 9.17) is 9.84 Å². The first-order valence-electron chi connectivity index (χ1n) is 4.85. The van der Waals surface area contributed by atoms with Crippen LogP contribution in [0.5, 0.6) is 0 Å². The third-order valence-electron chi connectivity index (χ3n) is 2.48. The lowest BCUT2D eigenvalue weighted by molar-refractivity contribution is -0.138. The summed E-state index contributed by atoms with van der Waals surface area (Å²) in [7, 11) is 1.60. The summed E-state index contributed by atoms with van der Waals surface area (Å²) >= 11 is 0. The van der Waals surface area contributed by atoms with Crippen molar-refractivity contribution >= 4 is 12.0 Å². The molecule has 0 aliphatic carbocycles. The molecule has 6 nitrogen and oxygen atoms in total. The van der Waals surface area contributed by atoms with Crippen LogP contribution in [0.3, 0.4) is 0 Å². The van der Waals surface area contributed by atoms with Gasteiger partial charge in [-0.1, -0.05) is 0 Å². The van der Waals surface area contributed by atoms with Crippen molar-refractivity contribution in [3.05, 3.63) is 0 Å². The Morgan fingerprint density at radius 2 is 2.27 bits per heavy atom. The highest BCUT2D eigenvalue weighted by Gasteiger charge is 2.27. The van der Waals surface area contributed by atoms with Gasteiger partial charge in [-0.15, -0.1) is 0 Å². The molecule has 2 atom stereocenters. The van der Waals surface area contributed by atoms with E-state index in [1.54, 1.807) is 12.0 Å². The zero-order valence-electron chi connectivity index (χ0n) is 8.90. The molecule has 0 spiro atoms. The predicted octanol–water partition coefficient (Wildman–Crippen LogP) is -0.110.